The van der Waals surface area contributed by atoms with Crippen LogP contribution in [0.25, 0.3) is 0 Å². The van der Waals surface area contributed by atoms with Gasteiger partial charge in [-0.15, -0.1) is 0 Å². The summed E-state index contributed by atoms with van der Waals surface area (Å²) >= 11 is 0. The Hall–Kier alpha value is -2.24. The van der Waals surface area contributed by atoms with Crippen molar-refractivity contribution in [3.8, 4) is 11.5 Å². The van der Waals surface area contributed by atoms with Gasteiger partial charge in [0.1, 0.15) is 0 Å². The third-order valence-electron chi connectivity index (χ3n) is 4.58. The molecule has 0 unspecified atom stereocenters. The third-order valence-corrected chi connectivity index (χ3v) is 4.58. The zero-order chi connectivity index (χ0) is 19.5. The minimum absolute atomic E-state index is 0.000480. The van der Waals surface area contributed by atoms with E-state index in [9.17, 15) is 9.59 Å². The molecule has 0 radical (unpaired) electrons. The molecule has 27 heavy (non-hydrogen) atoms. The molecule has 2 rings (SSSR count). The van der Waals surface area contributed by atoms with Crippen molar-refractivity contribution in [2.45, 2.75) is 64.8 Å². The lowest BCUT2D eigenvalue weighted by molar-refractivity contribution is -0.121. The normalized spacial score (nSPS) is 14.4. The number of carbonyl (C=O) groups excluding carboxylic acids is 2. The minimum atomic E-state index is -0.219. The number of rotatable bonds is 10. The van der Waals surface area contributed by atoms with Crippen LogP contribution in [-0.2, 0) is 4.79 Å². The summed E-state index contributed by atoms with van der Waals surface area (Å²) in [7, 11) is 0. The first-order valence-electron chi connectivity index (χ1n) is 10.1. The van der Waals surface area contributed by atoms with Gasteiger partial charge in [0.2, 0.25) is 5.91 Å². The number of ether oxygens (including phenoxy) is 2. The van der Waals surface area contributed by atoms with Crippen molar-refractivity contribution in [2.75, 3.05) is 19.8 Å². The molecule has 1 aliphatic carbocycles. The number of nitrogens with one attached hydrogen (secondary N) is 2. The van der Waals surface area contributed by atoms with Crippen molar-refractivity contribution >= 4 is 11.8 Å². The Morgan fingerprint density at radius 1 is 1.07 bits per heavy atom. The molecule has 2 N–H and O–H groups in total. The van der Waals surface area contributed by atoms with Gasteiger partial charge in [0.25, 0.3) is 5.91 Å². The van der Waals surface area contributed by atoms with Crippen molar-refractivity contribution in [2.24, 2.45) is 0 Å². The molecule has 0 bridgehead atoms. The standard InChI is InChI=1S/C21H32N2O4/c1-3-14-27-18-11-10-16(15-19(18)26-4-2)21(25)22-13-12-20(24)23-17-8-6-5-7-9-17/h10-11,15,17H,3-9,12-14H2,1-2H3,(H,22,25)(H,23,24). The number of benzene rings is 1. The van der Waals surface area contributed by atoms with Crippen molar-refractivity contribution in [1.29, 1.82) is 0 Å². The first-order valence-corrected chi connectivity index (χ1v) is 10.1. The average molecular weight is 376 g/mol. The van der Waals surface area contributed by atoms with Gasteiger partial charge in [-0.3, -0.25) is 9.59 Å². The summed E-state index contributed by atoms with van der Waals surface area (Å²) in [5.41, 5.74) is 0.495. The second kappa shape index (κ2) is 11.5. The molecule has 6 heteroatoms. The molecule has 1 aliphatic rings. The third kappa shape index (κ3) is 7.12. The maximum Gasteiger partial charge on any atom is 0.251 e. The van der Waals surface area contributed by atoms with Gasteiger partial charge < -0.3 is 20.1 Å². The van der Waals surface area contributed by atoms with E-state index in [1.54, 1.807) is 18.2 Å². The molecule has 1 aromatic rings. The summed E-state index contributed by atoms with van der Waals surface area (Å²) in [6.07, 6.45) is 6.93. The van der Waals surface area contributed by atoms with Gasteiger partial charge in [-0.2, -0.15) is 0 Å². The second-order valence-electron chi connectivity index (χ2n) is 6.85. The molecule has 1 fully saturated rings. The van der Waals surface area contributed by atoms with Gasteiger partial charge in [-0.1, -0.05) is 26.2 Å². The van der Waals surface area contributed by atoms with E-state index >= 15 is 0 Å². The largest absolute Gasteiger partial charge is 0.490 e. The van der Waals surface area contributed by atoms with Crippen LogP contribution >= 0.6 is 0 Å². The van der Waals surface area contributed by atoms with E-state index < -0.39 is 0 Å². The van der Waals surface area contributed by atoms with Gasteiger partial charge in [-0.05, 0) is 44.4 Å². The minimum Gasteiger partial charge on any atom is -0.490 e. The summed E-state index contributed by atoms with van der Waals surface area (Å²) in [6, 6.07) is 5.45. The smallest absolute Gasteiger partial charge is 0.251 e. The summed E-state index contributed by atoms with van der Waals surface area (Å²) in [5, 5.41) is 5.86. The summed E-state index contributed by atoms with van der Waals surface area (Å²) in [5.74, 6) is 0.986. The molecule has 1 saturated carbocycles. The Labute approximate surface area is 162 Å². The van der Waals surface area contributed by atoms with Crippen LogP contribution in [0, 0.1) is 0 Å². The summed E-state index contributed by atoms with van der Waals surface area (Å²) in [4.78, 5) is 24.4. The fourth-order valence-corrected chi connectivity index (χ4v) is 3.19. The number of amides is 2. The fourth-order valence-electron chi connectivity index (χ4n) is 3.19. The van der Waals surface area contributed by atoms with Gasteiger partial charge in [0, 0.05) is 24.6 Å². The molecule has 2 amide bonds. The van der Waals surface area contributed by atoms with E-state index in [-0.39, 0.29) is 18.2 Å². The molecular formula is C21H32N2O4. The van der Waals surface area contributed by atoms with E-state index in [2.05, 4.69) is 10.6 Å². The predicted molar refractivity (Wildman–Crippen MR) is 105 cm³/mol. The Morgan fingerprint density at radius 3 is 2.56 bits per heavy atom. The molecule has 150 valence electrons. The highest BCUT2D eigenvalue weighted by molar-refractivity contribution is 5.95. The van der Waals surface area contributed by atoms with Gasteiger partial charge in [-0.25, -0.2) is 0 Å². The quantitative estimate of drug-likeness (QED) is 0.656. The Bertz CT molecular complexity index is 612. The molecule has 0 heterocycles. The highest BCUT2D eigenvalue weighted by Crippen LogP contribution is 2.28. The van der Waals surface area contributed by atoms with Crippen LogP contribution in [-0.4, -0.2) is 37.6 Å². The number of hydrogen-bond acceptors (Lipinski definition) is 4. The van der Waals surface area contributed by atoms with E-state index in [1.165, 1.54) is 19.3 Å². The number of hydrogen-bond donors (Lipinski definition) is 2. The Balaban J connectivity index is 1.81. The lowest BCUT2D eigenvalue weighted by Gasteiger charge is -2.22. The molecule has 0 atom stereocenters. The fraction of sp³-hybridized carbons (Fsp3) is 0.619. The summed E-state index contributed by atoms with van der Waals surface area (Å²) in [6.45, 7) is 5.33. The van der Waals surface area contributed by atoms with Crippen molar-refractivity contribution in [1.82, 2.24) is 10.6 Å². The van der Waals surface area contributed by atoms with Crippen LogP contribution in [0.1, 0.15) is 69.2 Å². The average Bonchev–Trinajstić information content (AvgIpc) is 2.68. The van der Waals surface area contributed by atoms with Crippen LogP contribution in [0.15, 0.2) is 18.2 Å². The van der Waals surface area contributed by atoms with Gasteiger partial charge in [0.15, 0.2) is 11.5 Å². The zero-order valence-corrected chi connectivity index (χ0v) is 16.5. The van der Waals surface area contributed by atoms with Gasteiger partial charge >= 0.3 is 0 Å². The zero-order valence-electron chi connectivity index (χ0n) is 16.5. The van der Waals surface area contributed by atoms with E-state index in [0.717, 1.165) is 19.3 Å². The molecule has 0 aromatic heterocycles. The summed E-state index contributed by atoms with van der Waals surface area (Å²) < 4.78 is 11.2. The monoisotopic (exact) mass is 376 g/mol. The van der Waals surface area contributed by atoms with Crippen LogP contribution < -0.4 is 20.1 Å². The highest BCUT2D eigenvalue weighted by atomic mass is 16.5. The van der Waals surface area contributed by atoms with Crippen LogP contribution in [0.4, 0.5) is 0 Å². The molecule has 0 spiro atoms. The first-order chi connectivity index (χ1) is 13.1. The Kier molecular flexibility index (Phi) is 8.95. The lowest BCUT2D eigenvalue weighted by Crippen LogP contribution is -2.38. The van der Waals surface area contributed by atoms with Crippen LogP contribution in [0.2, 0.25) is 0 Å². The first kappa shape index (κ1) is 21.1. The van der Waals surface area contributed by atoms with Gasteiger partial charge in [0.05, 0.1) is 13.2 Å². The van der Waals surface area contributed by atoms with E-state index in [4.69, 9.17) is 9.47 Å². The van der Waals surface area contributed by atoms with Crippen molar-refractivity contribution < 1.29 is 19.1 Å². The Morgan fingerprint density at radius 2 is 1.85 bits per heavy atom. The number of carbonyl (C=O) groups is 2. The highest BCUT2D eigenvalue weighted by Gasteiger charge is 2.16. The second-order valence-corrected chi connectivity index (χ2v) is 6.85. The van der Waals surface area contributed by atoms with Crippen molar-refractivity contribution in [3.63, 3.8) is 0 Å². The molecule has 0 aliphatic heterocycles. The van der Waals surface area contributed by atoms with E-state index in [1.807, 2.05) is 13.8 Å². The topological polar surface area (TPSA) is 76.7 Å². The molecule has 1 aromatic carbocycles. The maximum atomic E-state index is 12.4. The molecule has 0 saturated heterocycles. The van der Waals surface area contributed by atoms with E-state index in [0.29, 0.717) is 42.9 Å². The predicted octanol–water partition coefficient (Wildman–Crippen LogP) is 3.44. The SMILES string of the molecule is CCCOc1ccc(C(=O)NCCC(=O)NC2CCCCC2)cc1OCC. The maximum absolute atomic E-state index is 12.4. The van der Waals surface area contributed by atoms with Crippen molar-refractivity contribution in [3.05, 3.63) is 23.8 Å². The molecular weight excluding hydrogens is 344 g/mol. The van der Waals surface area contributed by atoms with Crippen LogP contribution in [0.3, 0.4) is 0 Å². The van der Waals surface area contributed by atoms with Crippen LogP contribution in [0.5, 0.6) is 11.5 Å². The lowest BCUT2D eigenvalue weighted by atomic mass is 9.95. The molecule has 6 nitrogen and oxygen atoms in total.